The lowest BCUT2D eigenvalue weighted by Gasteiger charge is -2.20. The quantitative estimate of drug-likeness (QED) is 0.846. The van der Waals surface area contributed by atoms with E-state index in [9.17, 15) is 0 Å². The Balaban J connectivity index is 1.65. The van der Waals surface area contributed by atoms with E-state index in [1.807, 2.05) is 12.5 Å². The number of H-pyrrole nitrogens is 1. The van der Waals surface area contributed by atoms with Crippen LogP contribution in [-0.4, -0.2) is 17.6 Å². The molecule has 1 atom stereocenters. The predicted molar refractivity (Wildman–Crippen MR) is 70.0 cm³/mol. The minimum atomic E-state index is 0.293. The summed E-state index contributed by atoms with van der Waals surface area (Å²) in [5, 5.41) is 4.66. The second-order valence-corrected chi connectivity index (χ2v) is 4.37. The van der Waals surface area contributed by atoms with E-state index < -0.39 is 0 Å². The average Bonchev–Trinajstić information content (AvgIpc) is 2.85. The molecule has 2 heterocycles. The molecule has 3 heteroatoms. The normalized spacial score (nSPS) is 19.2. The third-order valence-electron chi connectivity index (χ3n) is 3.11. The summed E-state index contributed by atoms with van der Waals surface area (Å²) in [6, 6.07) is 8.43. The van der Waals surface area contributed by atoms with Gasteiger partial charge in [-0.15, -0.1) is 0 Å². The van der Waals surface area contributed by atoms with Crippen molar-refractivity contribution < 1.29 is 4.74 Å². The number of aromatic amines is 1. The Morgan fingerprint density at radius 1 is 1.35 bits per heavy atom. The average molecular weight is 228 g/mol. The molecule has 0 aliphatic carbocycles. The van der Waals surface area contributed by atoms with Gasteiger partial charge < -0.3 is 15.0 Å². The van der Waals surface area contributed by atoms with Crippen molar-refractivity contribution in [3.05, 3.63) is 42.8 Å². The lowest BCUT2D eigenvalue weighted by Crippen LogP contribution is -2.22. The van der Waals surface area contributed by atoms with Crippen molar-refractivity contribution in [2.75, 3.05) is 11.9 Å². The summed E-state index contributed by atoms with van der Waals surface area (Å²) < 4.78 is 5.52. The Hall–Kier alpha value is -1.90. The highest BCUT2D eigenvalue weighted by molar-refractivity contribution is 5.82. The van der Waals surface area contributed by atoms with E-state index in [-0.39, 0.29) is 0 Å². The van der Waals surface area contributed by atoms with Gasteiger partial charge in [0.1, 0.15) is 6.10 Å². The molecule has 1 unspecified atom stereocenters. The summed E-state index contributed by atoms with van der Waals surface area (Å²) in [4.78, 5) is 3.19. The fourth-order valence-corrected chi connectivity index (χ4v) is 2.13. The highest BCUT2D eigenvalue weighted by Gasteiger charge is 2.10. The molecule has 0 amide bonds. The molecule has 0 saturated heterocycles. The largest absolute Gasteiger partial charge is 0.497 e. The fourth-order valence-electron chi connectivity index (χ4n) is 2.13. The predicted octanol–water partition coefficient (Wildman–Crippen LogP) is 3.27. The first-order valence-corrected chi connectivity index (χ1v) is 6.03. The van der Waals surface area contributed by atoms with Gasteiger partial charge in [-0.2, -0.15) is 0 Å². The van der Waals surface area contributed by atoms with Crippen LogP contribution in [0.5, 0.6) is 0 Å². The van der Waals surface area contributed by atoms with Crippen LogP contribution >= 0.6 is 0 Å². The van der Waals surface area contributed by atoms with Crippen molar-refractivity contribution in [2.24, 2.45) is 0 Å². The van der Waals surface area contributed by atoms with Crippen LogP contribution in [0.2, 0.25) is 0 Å². The Bertz CT molecular complexity index is 530. The Morgan fingerprint density at radius 2 is 2.35 bits per heavy atom. The van der Waals surface area contributed by atoms with Crippen molar-refractivity contribution >= 4 is 16.6 Å². The summed E-state index contributed by atoms with van der Waals surface area (Å²) in [5.41, 5.74) is 2.32. The summed E-state index contributed by atoms with van der Waals surface area (Å²) in [6.45, 7) is 0.861. The molecule has 0 bridgehead atoms. The highest BCUT2D eigenvalue weighted by atomic mass is 16.5. The van der Waals surface area contributed by atoms with Crippen LogP contribution in [-0.2, 0) is 4.74 Å². The van der Waals surface area contributed by atoms with E-state index in [4.69, 9.17) is 4.74 Å². The number of anilines is 1. The SMILES string of the molecule is C1=COC(CNc2ccc3[nH]ccc3c2)CC1. The number of benzene rings is 1. The van der Waals surface area contributed by atoms with Gasteiger partial charge in [0.05, 0.1) is 12.8 Å². The maximum absolute atomic E-state index is 5.52. The molecule has 0 fully saturated rings. The Labute approximate surface area is 100 Å². The van der Waals surface area contributed by atoms with Crippen LogP contribution in [0.15, 0.2) is 42.8 Å². The zero-order valence-electron chi connectivity index (χ0n) is 9.65. The van der Waals surface area contributed by atoms with Crippen LogP contribution in [0.25, 0.3) is 10.9 Å². The van der Waals surface area contributed by atoms with E-state index in [1.165, 1.54) is 10.9 Å². The molecule has 17 heavy (non-hydrogen) atoms. The molecule has 1 aliphatic heterocycles. The number of nitrogens with one attached hydrogen (secondary N) is 2. The number of aromatic nitrogens is 1. The van der Waals surface area contributed by atoms with Crippen molar-refractivity contribution in [3.8, 4) is 0 Å². The number of allylic oxidation sites excluding steroid dienone is 1. The zero-order chi connectivity index (χ0) is 11.5. The molecule has 0 spiro atoms. The van der Waals surface area contributed by atoms with Crippen LogP contribution in [0, 0.1) is 0 Å². The molecule has 3 nitrogen and oxygen atoms in total. The van der Waals surface area contributed by atoms with E-state index in [0.717, 1.165) is 25.1 Å². The van der Waals surface area contributed by atoms with E-state index in [1.54, 1.807) is 0 Å². The summed E-state index contributed by atoms with van der Waals surface area (Å²) in [5.74, 6) is 0. The third kappa shape index (κ3) is 2.28. The number of ether oxygens (including phenoxy) is 1. The van der Waals surface area contributed by atoms with E-state index in [2.05, 4.69) is 40.6 Å². The molecular weight excluding hydrogens is 212 g/mol. The molecule has 1 aromatic heterocycles. The van der Waals surface area contributed by atoms with Gasteiger partial charge in [-0.1, -0.05) is 0 Å². The van der Waals surface area contributed by atoms with E-state index in [0.29, 0.717) is 6.10 Å². The van der Waals surface area contributed by atoms with Gasteiger partial charge in [0.2, 0.25) is 0 Å². The third-order valence-corrected chi connectivity index (χ3v) is 3.11. The number of fused-ring (bicyclic) bond motifs is 1. The fraction of sp³-hybridized carbons (Fsp3) is 0.286. The van der Waals surface area contributed by atoms with Gasteiger partial charge in [0.25, 0.3) is 0 Å². The monoisotopic (exact) mass is 228 g/mol. The van der Waals surface area contributed by atoms with Gasteiger partial charge in [-0.3, -0.25) is 0 Å². The van der Waals surface area contributed by atoms with Crippen molar-refractivity contribution in [2.45, 2.75) is 18.9 Å². The van der Waals surface area contributed by atoms with Gasteiger partial charge in [-0.25, -0.2) is 0 Å². The molecule has 2 aromatic rings. The van der Waals surface area contributed by atoms with E-state index >= 15 is 0 Å². The zero-order valence-corrected chi connectivity index (χ0v) is 9.65. The molecule has 88 valence electrons. The van der Waals surface area contributed by atoms with Crippen LogP contribution in [0.3, 0.4) is 0 Å². The summed E-state index contributed by atoms with van der Waals surface area (Å²) >= 11 is 0. The van der Waals surface area contributed by atoms with Crippen molar-refractivity contribution in [1.29, 1.82) is 0 Å². The van der Waals surface area contributed by atoms with Crippen LogP contribution < -0.4 is 5.32 Å². The van der Waals surface area contributed by atoms with Crippen molar-refractivity contribution in [1.82, 2.24) is 4.98 Å². The first-order valence-electron chi connectivity index (χ1n) is 6.03. The smallest absolute Gasteiger partial charge is 0.115 e. The lowest BCUT2D eigenvalue weighted by atomic mass is 10.1. The van der Waals surface area contributed by atoms with Crippen LogP contribution in [0.1, 0.15) is 12.8 Å². The van der Waals surface area contributed by atoms with Gasteiger partial charge >= 0.3 is 0 Å². The molecule has 2 N–H and O–H groups in total. The maximum Gasteiger partial charge on any atom is 0.115 e. The topological polar surface area (TPSA) is 37.0 Å². The molecular formula is C14H16N2O. The first kappa shape index (κ1) is 10.3. The standard InChI is InChI=1S/C14H16N2O/c1-2-8-17-13(3-1)10-16-12-4-5-14-11(9-12)6-7-15-14/h2,4-9,13,15-16H,1,3,10H2. The molecule has 0 radical (unpaired) electrons. The molecule has 1 aromatic carbocycles. The Morgan fingerprint density at radius 3 is 3.24 bits per heavy atom. The second-order valence-electron chi connectivity index (χ2n) is 4.37. The van der Waals surface area contributed by atoms with Gasteiger partial charge in [-0.05, 0) is 43.2 Å². The molecule has 0 saturated carbocycles. The minimum Gasteiger partial charge on any atom is -0.497 e. The number of rotatable bonds is 3. The number of hydrogen-bond donors (Lipinski definition) is 2. The molecule has 3 rings (SSSR count). The maximum atomic E-state index is 5.52. The first-order chi connectivity index (χ1) is 8.42. The van der Waals surface area contributed by atoms with Crippen LogP contribution in [0.4, 0.5) is 5.69 Å². The number of hydrogen-bond acceptors (Lipinski definition) is 2. The minimum absolute atomic E-state index is 0.293. The van der Waals surface area contributed by atoms with Gasteiger partial charge in [0.15, 0.2) is 0 Å². The van der Waals surface area contributed by atoms with Gasteiger partial charge in [0, 0.05) is 22.8 Å². The Kier molecular flexibility index (Phi) is 2.74. The highest BCUT2D eigenvalue weighted by Crippen LogP contribution is 2.18. The van der Waals surface area contributed by atoms with Crippen molar-refractivity contribution in [3.63, 3.8) is 0 Å². The second kappa shape index (κ2) is 4.53. The summed E-state index contributed by atoms with van der Waals surface area (Å²) in [7, 11) is 0. The molecule has 1 aliphatic rings. The lowest BCUT2D eigenvalue weighted by molar-refractivity contribution is 0.135. The summed E-state index contributed by atoms with van der Waals surface area (Å²) in [6.07, 6.45) is 8.35.